The van der Waals surface area contributed by atoms with Gasteiger partial charge in [0.25, 0.3) is 0 Å². The smallest absolute Gasteiger partial charge is 0.217 e. The van der Waals surface area contributed by atoms with E-state index in [-0.39, 0.29) is 18.9 Å². The first-order chi connectivity index (χ1) is 18.5. The number of amides is 1. The van der Waals surface area contributed by atoms with Crippen molar-refractivity contribution in [3.8, 4) is 22.6 Å². The SMILES string of the molecule is NC(=O)CC[C@@H]1O[C@@H](n2cnc3c(N[C@@H]4CCOC4)nc(-c4[nH]ncc4-c4ccncc4)nc32)[C@@H](O)[C@H]1O. The number of ether oxygens (including phenoxy) is 2. The van der Waals surface area contributed by atoms with Crippen LogP contribution in [0.3, 0.4) is 0 Å². The Labute approximate surface area is 216 Å². The fourth-order valence-corrected chi connectivity index (χ4v) is 4.85. The molecule has 1 amide bonds. The molecule has 0 unspecified atom stereocenters. The van der Waals surface area contributed by atoms with Crippen LogP contribution in [0.2, 0.25) is 0 Å². The zero-order chi connectivity index (χ0) is 26.2. The Bertz CT molecular complexity index is 1440. The van der Waals surface area contributed by atoms with Gasteiger partial charge in [0.1, 0.15) is 17.9 Å². The van der Waals surface area contributed by atoms with Crippen LogP contribution < -0.4 is 11.1 Å². The summed E-state index contributed by atoms with van der Waals surface area (Å²) in [5.41, 5.74) is 8.37. The maximum absolute atomic E-state index is 11.3. The molecule has 0 aromatic carbocycles. The number of imidazole rings is 1. The molecule has 198 valence electrons. The van der Waals surface area contributed by atoms with E-state index in [0.29, 0.717) is 41.7 Å². The number of primary amides is 1. The largest absolute Gasteiger partial charge is 0.388 e. The molecule has 2 aliphatic heterocycles. The number of nitrogens with zero attached hydrogens (tertiary/aromatic N) is 6. The van der Waals surface area contributed by atoms with Crippen molar-refractivity contribution in [3.05, 3.63) is 37.1 Å². The second-order valence-electron chi connectivity index (χ2n) is 9.37. The number of carbonyl (C=O) groups excluding carboxylic acids is 1. The number of hydrogen-bond acceptors (Lipinski definition) is 11. The number of H-pyrrole nitrogens is 1. The summed E-state index contributed by atoms with van der Waals surface area (Å²) in [6.45, 7) is 1.18. The molecule has 5 atom stereocenters. The summed E-state index contributed by atoms with van der Waals surface area (Å²) in [5.74, 6) is 0.330. The maximum atomic E-state index is 11.3. The third-order valence-electron chi connectivity index (χ3n) is 6.83. The summed E-state index contributed by atoms with van der Waals surface area (Å²) in [7, 11) is 0. The Balaban J connectivity index is 1.43. The summed E-state index contributed by atoms with van der Waals surface area (Å²) in [6, 6.07) is 3.77. The Hall–Kier alpha value is -3.98. The molecule has 6 N–H and O–H groups in total. The summed E-state index contributed by atoms with van der Waals surface area (Å²) in [5, 5.41) is 32.0. The lowest BCUT2D eigenvalue weighted by atomic mass is 10.1. The Morgan fingerprint density at radius 2 is 2.08 bits per heavy atom. The molecule has 0 spiro atoms. The van der Waals surface area contributed by atoms with Gasteiger partial charge in [0.05, 0.1) is 31.3 Å². The van der Waals surface area contributed by atoms with Crippen molar-refractivity contribution in [2.75, 3.05) is 18.5 Å². The number of carbonyl (C=O) groups is 1. The topological polar surface area (TPSA) is 199 Å². The lowest BCUT2D eigenvalue weighted by Gasteiger charge is -2.18. The van der Waals surface area contributed by atoms with Crippen LogP contribution in [0.5, 0.6) is 0 Å². The number of anilines is 1. The Kier molecular flexibility index (Phi) is 6.45. The van der Waals surface area contributed by atoms with Crippen LogP contribution in [-0.2, 0) is 14.3 Å². The number of nitrogens with two attached hydrogens (primary N) is 1. The first kappa shape index (κ1) is 24.4. The van der Waals surface area contributed by atoms with Crippen LogP contribution in [0.15, 0.2) is 37.1 Å². The summed E-state index contributed by atoms with van der Waals surface area (Å²) in [4.78, 5) is 29.4. The number of aliphatic hydroxyl groups is 2. The molecule has 2 fully saturated rings. The van der Waals surface area contributed by atoms with Gasteiger partial charge in [0.15, 0.2) is 29.0 Å². The monoisotopic (exact) mass is 521 g/mol. The van der Waals surface area contributed by atoms with Crippen LogP contribution >= 0.6 is 0 Å². The van der Waals surface area contributed by atoms with Crippen molar-refractivity contribution in [1.29, 1.82) is 0 Å². The minimum atomic E-state index is -1.28. The minimum Gasteiger partial charge on any atom is -0.388 e. The van der Waals surface area contributed by atoms with E-state index in [2.05, 4.69) is 25.5 Å². The zero-order valence-electron chi connectivity index (χ0n) is 20.3. The van der Waals surface area contributed by atoms with Crippen LogP contribution in [0.4, 0.5) is 5.82 Å². The van der Waals surface area contributed by atoms with E-state index >= 15 is 0 Å². The molecule has 2 saturated heterocycles. The number of pyridine rings is 1. The highest BCUT2D eigenvalue weighted by Gasteiger charge is 2.44. The van der Waals surface area contributed by atoms with E-state index in [4.69, 9.17) is 25.2 Å². The summed E-state index contributed by atoms with van der Waals surface area (Å²) >= 11 is 0. The van der Waals surface area contributed by atoms with Crippen molar-refractivity contribution >= 4 is 22.9 Å². The summed E-state index contributed by atoms with van der Waals surface area (Å²) < 4.78 is 13.1. The molecule has 14 heteroatoms. The molecule has 6 heterocycles. The van der Waals surface area contributed by atoms with Crippen molar-refractivity contribution < 1.29 is 24.5 Å². The van der Waals surface area contributed by atoms with E-state index in [9.17, 15) is 15.0 Å². The van der Waals surface area contributed by atoms with Gasteiger partial charge in [-0.3, -0.25) is 19.4 Å². The fourth-order valence-electron chi connectivity index (χ4n) is 4.85. The first-order valence-electron chi connectivity index (χ1n) is 12.3. The normalized spacial score (nSPS) is 25.3. The van der Waals surface area contributed by atoms with Gasteiger partial charge in [0.2, 0.25) is 5.91 Å². The third-order valence-corrected chi connectivity index (χ3v) is 6.83. The van der Waals surface area contributed by atoms with Gasteiger partial charge in [-0.15, -0.1) is 0 Å². The molecular weight excluding hydrogens is 494 g/mol. The van der Waals surface area contributed by atoms with Crippen molar-refractivity contribution in [3.63, 3.8) is 0 Å². The van der Waals surface area contributed by atoms with Crippen LogP contribution in [0.25, 0.3) is 33.8 Å². The molecule has 4 aromatic heterocycles. The number of nitrogens with one attached hydrogen (secondary N) is 2. The van der Waals surface area contributed by atoms with Gasteiger partial charge in [0, 0.05) is 31.0 Å². The lowest BCUT2D eigenvalue weighted by Crippen LogP contribution is -2.32. The van der Waals surface area contributed by atoms with Gasteiger partial charge in [-0.1, -0.05) is 0 Å². The van der Waals surface area contributed by atoms with E-state index in [0.717, 1.165) is 17.5 Å². The molecule has 4 aromatic rings. The Morgan fingerprint density at radius 1 is 1.24 bits per heavy atom. The molecule has 14 nitrogen and oxygen atoms in total. The second-order valence-corrected chi connectivity index (χ2v) is 9.37. The molecule has 6 rings (SSSR count). The van der Waals surface area contributed by atoms with E-state index in [1.807, 2.05) is 12.1 Å². The van der Waals surface area contributed by atoms with Crippen molar-refractivity contribution in [1.82, 2.24) is 34.7 Å². The zero-order valence-corrected chi connectivity index (χ0v) is 20.3. The number of aromatic amines is 1. The van der Waals surface area contributed by atoms with E-state index < -0.39 is 30.4 Å². The fraction of sp³-hybridized carbons (Fsp3) is 0.417. The number of hydrogen-bond donors (Lipinski definition) is 5. The van der Waals surface area contributed by atoms with E-state index in [1.165, 1.54) is 6.33 Å². The predicted molar refractivity (Wildman–Crippen MR) is 133 cm³/mol. The molecule has 0 radical (unpaired) electrons. The maximum Gasteiger partial charge on any atom is 0.217 e. The molecule has 2 aliphatic rings. The predicted octanol–water partition coefficient (Wildman–Crippen LogP) is 0.364. The molecule has 0 bridgehead atoms. The minimum absolute atomic E-state index is 0.0211. The number of aromatic nitrogens is 7. The number of aliphatic hydroxyl groups excluding tert-OH is 2. The third kappa shape index (κ3) is 4.47. The average Bonchev–Trinajstić information content (AvgIpc) is 3.72. The molecule has 0 saturated carbocycles. The van der Waals surface area contributed by atoms with Gasteiger partial charge in [-0.05, 0) is 30.5 Å². The standard InChI is InChI=1S/C24H27N9O5/c25-16(34)2-1-15-19(35)20(36)24(38-15)33-11-27-18-22(29-13-5-8-37-10-13)30-21(31-23(18)33)17-14(9-28-32-17)12-3-6-26-7-4-12/h3-4,6-7,9,11,13,15,19-20,24,35-36H,1-2,5,8,10H2,(H2,25,34)(H,28,32)(H,29,30,31)/t13-,15+,19+,20+,24-/m1/s1. The highest BCUT2D eigenvalue weighted by atomic mass is 16.6. The highest BCUT2D eigenvalue weighted by molar-refractivity contribution is 5.87. The molecular formula is C24H27N9O5. The lowest BCUT2D eigenvalue weighted by molar-refractivity contribution is -0.119. The highest BCUT2D eigenvalue weighted by Crippen LogP contribution is 2.36. The van der Waals surface area contributed by atoms with Crippen molar-refractivity contribution in [2.24, 2.45) is 5.73 Å². The van der Waals surface area contributed by atoms with Crippen LogP contribution in [0, 0.1) is 0 Å². The van der Waals surface area contributed by atoms with Gasteiger partial charge >= 0.3 is 0 Å². The summed E-state index contributed by atoms with van der Waals surface area (Å²) in [6.07, 6.45) is 3.33. The van der Waals surface area contributed by atoms with Gasteiger partial charge in [-0.25, -0.2) is 15.0 Å². The van der Waals surface area contributed by atoms with Crippen LogP contribution in [-0.4, -0.2) is 88.4 Å². The Morgan fingerprint density at radius 3 is 2.84 bits per heavy atom. The molecule has 0 aliphatic carbocycles. The van der Waals surface area contributed by atoms with E-state index in [1.54, 1.807) is 23.2 Å². The average molecular weight is 522 g/mol. The molecule has 38 heavy (non-hydrogen) atoms. The first-order valence-corrected chi connectivity index (χ1v) is 12.3. The number of rotatable bonds is 8. The quantitative estimate of drug-likeness (QED) is 0.214. The van der Waals surface area contributed by atoms with Crippen molar-refractivity contribution in [2.45, 2.75) is 49.8 Å². The van der Waals surface area contributed by atoms with Crippen LogP contribution in [0.1, 0.15) is 25.5 Å². The number of fused-ring (bicyclic) bond motifs is 1. The second kappa shape index (κ2) is 10.1. The van der Waals surface area contributed by atoms with Gasteiger partial charge in [-0.2, -0.15) is 5.10 Å². The van der Waals surface area contributed by atoms with Gasteiger partial charge < -0.3 is 30.7 Å².